The number of hydrogen-bond donors (Lipinski definition) is 1. The monoisotopic (exact) mass is 374 g/mol. The highest BCUT2D eigenvalue weighted by molar-refractivity contribution is 6.09. The largest absolute Gasteiger partial charge is 0.457 e. The third kappa shape index (κ3) is 4.36. The number of nitrogens with one attached hydrogen (secondary N) is 1. The van der Waals surface area contributed by atoms with E-state index in [2.05, 4.69) is 19.2 Å². The molecule has 3 rings (SSSR count). The maximum atomic E-state index is 13.9. The van der Waals surface area contributed by atoms with E-state index in [4.69, 9.17) is 4.42 Å². The summed E-state index contributed by atoms with van der Waals surface area (Å²) in [6, 6.07) is 18.8. The van der Waals surface area contributed by atoms with Crippen molar-refractivity contribution in [2.24, 2.45) is 0 Å². The first-order valence-corrected chi connectivity index (χ1v) is 8.86. The van der Waals surface area contributed by atoms with Gasteiger partial charge in [-0.1, -0.05) is 38.1 Å². The molecule has 0 aliphatic carbocycles. The fraction of sp³-hybridized carbons (Fsp3) is 0.130. The van der Waals surface area contributed by atoms with E-state index in [1.807, 2.05) is 18.2 Å². The highest BCUT2D eigenvalue weighted by atomic mass is 19.1. The molecule has 5 heteroatoms. The quantitative estimate of drug-likeness (QED) is 0.456. The normalized spacial score (nSPS) is 11.3. The zero-order valence-electron chi connectivity index (χ0n) is 15.6. The minimum Gasteiger partial charge on any atom is -0.457 e. The van der Waals surface area contributed by atoms with Gasteiger partial charge in [-0.2, -0.15) is 5.26 Å². The summed E-state index contributed by atoms with van der Waals surface area (Å²) in [5.41, 5.74) is 1.96. The summed E-state index contributed by atoms with van der Waals surface area (Å²) in [6.07, 6.45) is 1.34. The molecule has 1 N–H and O–H groups in total. The molecule has 0 fully saturated rings. The summed E-state index contributed by atoms with van der Waals surface area (Å²) in [5, 5.41) is 12.0. The lowest BCUT2D eigenvalue weighted by atomic mass is 10.0. The molecule has 4 nitrogen and oxygen atoms in total. The Bertz CT molecular complexity index is 1060. The predicted octanol–water partition coefficient (Wildman–Crippen LogP) is 5.75. The first-order chi connectivity index (χ1) is 13.5. The van der Waals surface area contributed by atoms with Crippen molar-refractivity contribution in [3.8, 4) is 17.4 Å². The fourth-order valence-electron chi connectivity index (χ4n) is 2.68. The van der Waals surface area contributed by atoms with Gasteiger partial charge in [0.25, 0.3) is 5.91 Å². The molecule has 0 aliphatic heterocycles. The SMILES string of the molecule is CC(C)c1ccc(NC(=O)/C(C#N)=C/c2ccc(-c3ccccc3F)o2)cc1. The van der Waals surface area contributed by atoms with Crippen LogP contribution in [0.4, 0.5) is 10.1 Å². The molecule has 0 spiro atoms. The molecule has 0 unspecified atom stereocenters. The molecule has 0 saturated carbocycles. The Balaban J connectivity index is 1.77. The van der Waals surface area contributed by atoms with Crippen molar-refractivity contribution < 1.29 is 13.6 Å². The van der Waals surface area contributed by atoms with Crippen LogP contribution in [0.1, 0.15) is 31.1 Å². The molecule has 140 valence electrons. The van der Waals surface area contributed by atoms with Crippen molar-refractivity contribution >= 4 is 17.7 Å². The highest BCUT2D eigenvalue weighted by Crippen LogP contribution is 2.26. The smallest absolute Gasteiger partial charge is 0.266 e. The molecule has 0 saturated heterocycles. The number of nitrogens with zero attached hydrogens (tertiary/aromatic N) is 1. The lowest BCUT2D eigenvalue weighted by molar-refractivity contribution is -0.112. The van der Waals surface area contributed by atoms with E-state index in [9.17, 15) is 14.4 Å². The molecule has 0 atom stereocenters. The first kappa shape index (κ1) is 19.1. The van der Waals surface area contributed by atoms with Gasteiger partial charge in [0, 0.05) is 11.8 Å². The van der Waals surface area contributed by atoms with Gasteiger partial charge in [-0.15, -0.1) is 0 Å². The zero-order chi connectivity index (χ0) is 20.1. The van der Waals surface area contributed by atoms with E-state index < -0.39 is 11.7 Å². The second-order valence-electron chi connectivity index (χ2n) is 6.58. The number of hydrogen-bond acceptors (Lipinski definition) is 3. The lowest BCUT2D eigenvalue weighted by Gasteiger charge is -2.08. The van der Waals surface area contributed by atoms with Crippen molar-refractivity contribution in [3.63, 3.8) is 0 Å². The minimum atomic E-state index is -0.538. The van der Waals surface area contributed by atoms with E-state index in [0.717, 1.165) is 5.56 Å². The van der Waals surface area contributed by atoms with Crippen molar-refractivity contribution in [3.05, 3.63) is 83.4 Å². The fourth-order valence-corrected chi connectivity index (χ4v) is 2.68. The summed E-state index contributed by atoms with van der Waals surface area (Å²) in [5.74, 6) is 0.0625. The number of halogens is 1. The topological polar surface area (TPSA) is 66.0 Å². The third-order valence-electron chi connectivity index (χ3n) is 4.25. The molecule has 1 amide bonds. The molecule has 1 aromatic heterocycles. The third-order valence-corrected chi connectivity index (χ3v) is 4.25. The van der Waals surface area contributed by atoms with Crippen molar-refractivity contribution in [1.82, 2.24) is 0 Å². The molecule has 0 radical (unpaired) electrons. The zero-order valence-corrected chi connectivity index (χ0v) is 15.6. The van der Waals surface area contributed by atoms with Gasteiger partial charge in [-0.3, -0.25) is 4.79 Å². The Morgan fingerprint density at radius 3 is 2.46 bits per heavy atom. The summed E-state index contributed by atoms with van der Waals surface area (Å²) >= 11 is 0. The van der Waals surface area contributed by atoms with Gasteiger partial charge in [-0.25, -0.2) is 4.39 Å². The minimum absolute atomic E-state index is 0.109. The number of benzene rings is 2. The number of amides is 1. The predicted molar refractivity (Wildman–Crippen MR) is 107 cm³/mol. The van der Waals surface area contributed by atoms with Crippen molar-refractivity contribution in [1.29, 1.82) is 5.26 Å². The van der Waals surface area contributed by atoms with Gasteiger partial charge < -0.3 is 9.73 Å². The molecular formula is C23H19FN2O2. The molecule has 28 heavy (non-hydrogen) atoms. The number of carbonyl (C=O) groups excluding carboxylic acids is 1. The molecular weight excluding hydrogens is 355 g/mol. The highest BCUT2D eigenvalue weighted by Gasteiger charge is 2.13. The Labute approximate surface area is 162 Å². The van der Waals surface area contributed by atoms with Crippen LogP contribution in [0, 0.1) is 17.1 Å². The lowest BCUT2D eigenvalue weighted by Crippen LogP contribution is -2.13. The molecule has 1 heterocycles. The van der Waals surface area contributed by atoms with Crippen LogP contribution in [0.2, 0.25) is 0 Å². The van der Waals surface area contributed by atoms with E-state index in [0.29, 0.717) is 28.7 Å². The van der Waals surface area contributed by atoms with Gasteiger partial charge >= 0.3 is 0 Å². The van der Waals surface area contributed by atoms with Gasteiger partial charge in [0.15, 0.2) is 0 Å². The van der Waals surface area contributed by atoms with Gasteiger partial charge in [0.05, 0.1) is 5.56 Å². The van der Waals surface area contributed by atoms with Crippen LogP contribution in [0.15, 0.2) is 70.7 Å². The maximum absolute atomic E-state index is 13.9. The molecule has 0 aliphatic rings. The van der Waals surface area contributed by atoms with E-state index in [-0.39, 0.29) is 5.57 Å². The maximum Gasteiger partial charge on any atom is 0.266 e. The number of nitriles is 1. The van der Waals surface area contributed by atoms with Gasteiger partial charge in [-0.05, 0) is 47.9 Å². The molecule has 3 aromatic rings. The van der Waals surface area contributed by atoms with Crippen molar-refractivity contribution in [2.45, 2.75) is 19.8 Å². The summed E-state index contributed by atoms with van der Waals surface area (Å²) in [4.78, 5) is 12.4. The van der Waals surface area contributed by atoms with E-state index in [1.165, 1.54) is 12.1 Å². The van der Waals surface area contributed by atoms with Crippen LogP contribution in [-0.4, -0.2) is 5.91 Å². The number of rotatable bonds is 5. The first-order valence-electron chi connectivity index (χ1n) is 8.86. The van der Waals surface area contributed by atoms with Gasteiger partial charge in [0.1, 0.15) is 29.0 Å². The van der Waals surface area contributed by atoms with Crippen LogP contribution < -0.4 is 5.32 Å². The van der Waals surface area contributed by atoms with Crippen LogP contribution in [0.5, 0.6) is 0 Å². The Morgan fingerprint density at radius 2 is 1.82 bits per heavy atom. The Morgan fingerprint density at radius 1 is 1.11 bits per heavy atom. The molecule has 2 aromatic carbocycles. The van der Waals surface area contributed by atoms with Crippen LogP contribution >= 0.6 is 0 Å². The summed E-state index contributed by atoms with van der Waals surface area (Å²) in [6.45, 7) is 4.17. The number of furan rings is 1. The average Bonchev–Trinajstić information content (AvgIpc) is 3.15. The standard InChI is InChI=1S/C23H19FN2O2/c1-15(2)16-7-9-18(10-8-16)26-23(27)17(14-25)13-19-11-12-22(28-19)20-5-3-4-6-21(20)24/h3-13,15H,1-2H3,(H,26,27)/b17-13+. The van der Waals surface area contributed by atoms with Crippen LogP contribution in [0.25, 0.3) is 17.4 Å². The Kier molecular flexibility index (Phi) is 5.71. The van der Waals surface area contributed by atoms with Crippen LogP contribution in [-0.2, 0) is 4.79 Å². The summed E-state index contributed by atoms with van der Waals surface area (Å²) in [7, 11) is 0. The number of carbonyl (C=O) groups is 1. The van der Waals surface area contributed by atoms with Gasteiger partial charge in [0.2, 0.25) is 0 Å². The average molecular weight is 374 g/mol. The van der Waals surface area contributed by atoms with Crippen molar-refractivity contribution in [2.75, 3.05) is 5.32 Å². The number of anilines is 1. The second kappa shape index (κ2) is 8.36. The second-order valence-corrected chi connectivity index (χ2v) is 6.58. The van der Waals surface area contributed by atoms with E-state index in [1.54, 1.807) is 42.5 Å². The molecule has 0 bridgehead atoms. The van der Waals surface area contributed by atoms with Crippen LogP contribution in [0.3, 0.4) is 0 Å². The van der Waals surface area contributed by atoms with E-state index >= 15 is 0 Å². The summed E-state index contributed by atoms with van der Waals surface area (Å²) < 4.78 is 19.4. The Hall–Kier alpha value is -3.65.